The van der Waals surface area contributed by atoms with Crippen LogP contribution in [0.2, 0.25) is 0 Å². The highest BCUT2D eigenvalue weighted by molar-refractivity contribution is 7.89. The van der Waals surface area contributed by atoms with E-state index in [9.17, 15) is 13.2 Å². The van der Waals surface area contributed by atoms with Crippen LogP contribution in [0.3, 0.4) is 0 Å². The van der Waals surface area contributed by atoms with Crippen LogP contribution in [0.5, 0.6) is 23.0 Å². The lowest BCUT2D eigenvalue weighted by Crippen LogP contribution is -2.50. The lowest BCUT2D eigenvalue weighted by Gasteiger charge is -2.34. The van der Waals surface area contributed by atoms with Crippen LogP contribution in [-0.2, 0) is 10.0 Å². The molecule has 1 aliphatic rings. The Hall–Kier alpha value is -3.24. The fourth-order valence-electron chi connectivity index (χ4n) is 3.51. The molecule has 9 nitrogen and oxygen atoms in total. The molecule has 2 aromatic rings. The second-order valence-corrected chi connectivity index (χ2v) is 9.12. The molecule has 0 atom stereocenters. The summed E-state index contributed by atoms with van der Waals surface area (Å²) in [5.41, 5.74) is 0.439. The van der Waals surface area contributed by atoms with Gasteiger partial charge in [0.15, 0.2) is 23.0 Å². The quantitative estimate of drug-likeness (QED) is 0.513. The number of benzene rings is 2. The zero-order valence-electron chi connectivity index (χ0n) is 18.9. The van der Waals surface area contributed by atoms with Crippen LogP contribution in [0, 0.1) is 0 Å². The zero-order valence-corrected chi connectivity index (χ0v) is 19.8. The van der Waals surface area contributed by atoms with Crippen LogP contribution < -0.4 is 18.9 Å². The summed E-state index contributed by atoms with van der Waals surface area (Å²) in [5, 5.41) is 0. The molecule has 0 unspecified atom stereocenters. The first-order chi connectivity index (χ1) is 15.8. The Morgan fingerprint density at radius 2 is 1.52 bits per heavy atom. The van der Waals surface area contributed by atoms with Crippen LogP contribution in [0.15, 0.2) is 53.9 Å². The molecule has 178 valence electrons. The molecule has 0 spiro atoms. The van der Waals surface area contributed by atoms with E-state index in [4.69, 9.17) is 18.9 Å². The molecule has 1 heterocycles. The minimum Gasteiger partial charge on any atom is -0.493 e. The molecule has 1 fully saturated rings. The molecule has 0 aromatic heterocycles. The number of nitrogens with zero attached hydrogens (tertiary/aromatic N) is 2. The van der Waals surface area contributed by atoms with Gasteiger partial charge in [0.25, 0.3) is 5.91 Å². The summed E-state index contributed by atoms with van der Waals surface area (Å²) in [5.74, 6) is 1.54. The van der Waals surface area contributed by atoms with Gasteiger partial charge in [0.05, 0.1) is 26.2 Å². The molecule has 10 heteroatoms. The zero-order chi connectivity index (χ0) is 24.0. The van der Waals surface area contributed by atoms with Crippen molar-refractivity contribution in [2.75, 3.05) is 54.1 Å². The van der Waals surface area contributed by atoms with E-state index in [1.165, 1.54) is 37.8 Å². The van der Waals surface area contributed by atoms with Gasteiger partial charge in [0, 0.05) is 37.8 Å². The smallest absolute Gasteiger partial charge is 0.254 e. The van der Waals surface area contributed by atoms with Crippen molar-refractivity contribution in [3.63, 3.8) is 0 Å². The number of hydrogen-bond acceptors (Lipinski definition) is 7. The predicted octanol–water partition coefficient (Wildman–Crippen LogP) is 2.42. The lowest BCUT2D eigenvalue weighted by atomic mass is 10.1. The topological polar surface area (TPSA) is 94.6 Å². The van der Waals surface area contributed by atoms with Crippen molar-refractivity contribution in [2.45, 2.75) is 4.90 Å². The van der Waals surface area contributed by atoms with Gasteiger partial charge in [0.1, 0.15) is 6.61 Å². The Balaban J connectivity index is 1.70. The normalized spacial score (nSPS) is 14.5. The molecule has 1 aliphatic heterocycles. The summed E-state index contributed by atoms with van der Waals surface area (Å²) in [7, 11) is 0.695. The Labute approximate surface area is 194 Å². The number of piperazine rings is 1. The Kier molecular flexibility index (Phi) is 7.83. The van der Waals surface area contributed by atoms with Gasteiger partial charge in [-0.1, -0.05) is 12.7 Å². The summed E-state index contributed by atoms with van der Waals surface area (Å²) in [6, 6.07) is 9.43. The molecule has 0 bridgehead atoms. The van der Waals surface area contributed by atoms with Crippen LogP contribution in [0.25, 0.3) is 0 Å². The first-order valence-corrected chi connectivity index (χ1v) is 11.7. The van der Waals surface area contributed by atoms with E-state index in [1.807, 2.05) is 0 Å². The van der Waals surface area contributed by atoms with Gasteiger partial charge < -0.3 is 23.8 Å². The van der Waals surface area contributed by atoms with Crippen molar-refractivity contribution >= 4 is 15.9 Å². The van der Waals surface area contributed by atoms with Gasteiger partial charge in [-0.05, 0) is 30.3 Å². The molecule has 0 saturated carbocycles. The van der Waals surface area contributed by atoms with Crippen LogP contribution in [-0.4, -0.2) is 77.6 Å². The summed E-state index contributed by atoms with van der Waals surface area (Å²) < 4.78 is 48.8. The van der Waals surface area contributed by atoms with Crippen molar-refractivity contribution in [3.8, 4) is 23.0 Å². The Morgan fingerprint density at radius 3 is 2.12 bits per heavy atom. The second kappa shape index (κ2) is 10.6. The SMILES string of the molecule is C=CCOc1ccc(C(=O)N2CCN(S(=O)(=O)c3ccc(OC)c(OC)c3)CC2)cc1OC. The van der Waals surface area contributed by atoms with Gasteiger partial charge in [-0.2, -0.15) is 4.31 Å². The summed E-state index contributed by atoms with van der Waals surface area (Å²) in [6.07, 6.45) is 1.62. The summed E-state index contributed by atoms with van der Waals surface area (Å²) in [6.45, 7) is 4.83. The van der Waals surface area contributed by atoms with Crippen molar-refractivity contribution in [1.29, 1.82) is 0 Å². The van der Waals surface area contributed by atoms with Crippen molar-refractivity contribution in [2.24, 2.45) is 0 Å². The number of methoxy groups -OCH3 is 3. The summed E-state index contributed by atoms with van der Waals surface area (Å²) >= 11 is 0. The highest BCUT2D eigenvalue weighted by Crippen LogP contribution is 2.31. The van der Waals surface area contributed by atoms with Gasteiger partial charge >= 0.3 is 0 Å². The molecule has 0 N–H and O–H groups in total. The van der Waals surface area contributed by atoms with Gasteiger partial charge in [-0.15, -0.1) is 0 Å². The number of hydrogen-bond donors (Lipinski definition) is 0. The molecule has 33 heavy (non-hydrogen) atoms. The van der Waals surface area contributed by atoms with Crippen LogP contribution >= 0.6 is 0 Å². The minimum absolute atomic E-state index is 0.111. The fourth-order valence-corrected chi connectivity index (χ4v) is 4.95. The first kappa shape index (κ1) is 24.4. The van der Waals surface area contributed by atoms with E-state index in [2.05, 4.69) is 6.58 Å². The first-order valence-electron chi connectivity index (χ1n) is 10.3. The average molecular weight is 477 g/mol. The van der Waals surface area contributed by atoms with Crippen molar-refractivity contribution in [3.05, 3.63) is 54.6 Å². The molecule has 0 radical (unpaired) electrons. The Bertz CT molecular complexity index is 1110. The average Bonchev–Trinajstić information content (AvgIpc) is 2.86. The van der Waals surface area contributed by atoms with E-state index in [-0.39, 0.29) is 37.0 Å². The lowest BCUT2D eigenvalue weighted by molar-refractivity contribution is 0.0697. The third-order valence-corrected chi connectivity index (χ3v) is 7.18. The molecule has 3 rings (SSSR count). The number of rotatable bonds is 9. The largest absolute Gasteiger partial charge is 0.493 e. The van der Waals surface area contributed by atoms with E-state index in [0.29, 0.717) is 35.2 Å². The van der Waals surface area contributed by atoms with Crippen molar-refractivity contribution < 1.29 is 32.2 Å². The third kappa shape index (κ3) is 5.23. The third-order valence-electron chi connectivity index (χ3n) is 5.29. The van der Waals surface area contributed by atoms with Crippen molar-refractivity contribution in [1.82, 2.24) is 9.21 Å². The second-order valence-electron chi connectivity index (χ2n) is 7.18. The van der Waals surface area contributed by atoms with Gasteiger partial charge in [-0.25, -0.2) is 8.42 Å². The monoisotopic (exact) mass is 476 g/mol. The highest BCUT2D eigenvalue weighted by atomic mass is 32.2. The van der Waals surface area contributed by atoms with E-state index in [1.54, 1.807) is 35.2 Å². The fraction of sp³-hybridized carbons (Fsp3) is 0.348. The number of ether oxygens (including phenoxy) is 4. The molecular weight excluding hydrogens is 448 g/mol. The maximum atomic E-state index is 13.1. The predicted molar refractivity (Wildman–Crippen MR) is 123 cm³/mol. The van der Waals surface area contributed by atoms with E-state index in [0.717, 1.165) is 0 Å². The maximum Gasteiger partial charge on any atom is 0.254 e. The number of carbonyl (C=O) groups excluding carboxylic acids is 1. The number of carbonyl (C=O) groups is 1. The number of amides is 1. The van der Waals surface area contributed by atoms with E-state index >= 15 is 0 Å². The van der Waals surface area contributed by atoms with Gasteiger partial charge in [-0.3, -0.25) is 4.79 Å². The van der Waals surface area contributed by atoms with Gasteiger partial charge in [0.2, 0.25) is 10.0 Å². The molecule has 2 aromatic carbocycles. The van der Waals surface area contributed by atoms with E-state index < -0.39 is 10.0 Å². The molecule has 1 saturated heterocycles. The molecule has 0 aliphatic carbocycles. The summed E-state index contributed by atoms with van der Waals surface area (Å²) in [4.78, 5) is 14.7. The molecule has 1 amide bonds. The standard InChI is InChI=1S/C23H28N2O7S/c1-5-14-32-20-8-6-17(15-21(20)30-3)23(26)24-10-12-25(13-11-24)33(27,28)18-7-9-19(29-2)22(16-18)31-4/h5-9,15-16H,1,10-14H2,2-4H3. The minimum atomic E-state index is -3.74. The molecular formula is C23H28N2O7S. The number of sulfonamides is 1. The maximum absolute atomic E-state index is 13.1. The van der Waals surface area contributed by atoms with Crippen LogP contribution in [0.1, 0.15) is 10.4 Å². The van der Waals surface area contributed by atoms with Crippen LogP contribution in [0.4, 0.5) is 0 Å². The highest BCUT2D eigenvalue weighted by Gasteiger charge is 2.31. The Morgan fingerprint density at radius 1 is 0.909 bits per heavy atom.